The molecule has 1 aromatic rings. The van der Waals surface area contributed by atoms with Crippen LogP contribution in [0.15, 0.2) is 4.90 Å². The Morgan fingerprint density at radius 2 is 1.33 bits per heavy atom. The Morgan fingerprint density at radius 1 is 1.00 bits per heavy atom. The SMILES string of the molecule is CC(C(=O)O)N(C)S(=O)(=O)c1c(F)c(F)c(F)c(F)c1F. The number of carboxylic acid groups (broad SMARTS) is 1. The highest BCUT2D eigenvalue weighted by Crippen LogP contribution is 2.29. The number of sulfonamides is 1. The third-order valence-electron chi connectivity index (χ3n) is 2.71. The third kappa shape index (κ3) is 2.70. The standard InChI is InChI=1S/C10H8F5NO4S/c1-3(10(17)18)16(2)21(19,20)9-7(14)5(12)4(11)6(13)8(9)15/h3H,1-2H3,(H,17,18). The average molecular weight is 333 g/mol. The summed E-state index contributed by atoms with van der Waals surface area (Å²) in [4.78, 5) is 8.57. The summed E-state index contributed by atoms with van der Waals surface area (Å²) in [6, 6.07) is -1.79. The molecular formula is C10H8F5NO4S. The number of hydrogen-bond donors (Lipinski definition) is 1. The fourth-order valence-corrected chi connectivity index (χ4v) is 2.75. The van der Waals surface area contributed by atoms with E-state index in [4.69, 9.17) is 5.11 Å². The van der Waals surface area contributed by atoms with Gasteiger partial charge in [0.05, 0.1) is 0 Å². The van der Waals surface area contributed by atoms with E-state index < -0.39 is 56.0 Å². The first-order chi connectivity index (χ1) is 9.44. The number of carbonyl (C=O) groups is 1. The van der Waals surface area contributed by atoms with Crippen LogP contribution in [0.1, 0.15) is 6.92 Å². The molecule has 0 aliphatic carbocycles. The molecule has 0 aromatic heterocycles. The highest BCUT2D eigenvalue weighted by Gasteiger charge is 2.38. The minimum absolute atomic E-state index is 0.0202. The van der Waals surface area contributed by atoms with Crippen LogP contribution >= 0.6 is 0 Å². The molecule has 0 saturated heterocycles. The lowest BCUT2D eigenvalue weighted by atomic mass is 10.3. The van der Waals surface area contributed by atoms with Gasteiger partial charge in [-0.1, -0.05) is 0 Å². The zero-order chi connectivity index (χ0) is 16.7. The lowest BCUT2D eigenvalue weighted by molar-refractivity contribution is -0.140. The van der Waals surface area contributed by atoms with Crippen LogP contribution < -0.4 is 0 Å². The minimum Gasteiger partial charge on any atom is -0.480 e. The maximum atomic E-state index is 13.4. The summed E-state index contributed by atoms with van der Waals surface area (Å²) in [5, 5.41) is 8.65. The summed E-state index contributed by atoms with van der Waals surface area (Å²) in [5.41, 5.74) is 0. The zero-order valence-corrected chi connectivity index (χ0v) is 11.3. The molecule has 1 rings (SSSR count). The van der Waals surface area contributed by atoms with E-state index >= 15 is 0 Å². The van der Waals surface area contributed by atoms with Crippen molar-refractivity contribution >= 4 is 16.0 Å². The van der Waals surface area contributed by atoms with Crippen LogP contribution in [0.4, 0.5) is 22.0 Å². The summed E-state index contributed by atoms with van der Waals surface area (Å²) < 4.78 is 89.4. The molecular weight excluding hydrogens is 325 g/mol. The van der Waals surface area contributed by atoms with E-state index in [1.807, 2.05) is 0 Å². The van der Waals surface area contributed by atoms with E-state index in [0.29, 0.717) is 7.05 Å². The Balaban J connectivity index is 3.64. The van der Waals surface area contributed by atoms with Gasteiger partial charge >= 0.3 is 5.97 Å². The topological polar surface area (TPSA) is 74.7 Å². The van der Waals surface area contributed by atoms with Crippen LogP contribution in [0.3, 0.4) is 0 Å². The summed E-state index contributed by atoms with van der Waals surface area (Å²) in [7, 11) is -4.62. The van der Waals surface area contributed by atoms with Gasteiger partial charge in [0.25, 0.3) is 0 Å². The van der Waals surface area contributed by atoms with Gasteiger partial charge in [-0.15, -0.1) is 0 Å². The first-order valence-corrected chi connectivity index (χ1v) is 6.60. The summed E-state index contributed by atoms with van der Waals surface area (Å²) >= 11 is 0. The lowest BCUT2D eigenvalue weighted by Crippen LogP contribution is -2.41. The van der Waals surface area contributed by atoms with Crippen molar-refractivity contribution in [2.45, 2.75) is 17.9 Å². The van der Waals surface area contributed by atoms with E-state index in [9.17, 15) is 35.2 Å². The molecule has 0 spiro atoms. The van der Waals surface area contributed by atoms with Gasteiger partial charge in [-0.2, -0.15) is 4.31 Å². The molecule has 1 aromatic carbocycles. The molecule has 0 aliphatic heterocycles. The van der Waals surface area contributed by atoms with Gasteiger partial charge in [0.1, 0.15) is 6.04 Å². The van der Waals surface area contributed by atoms with Crippen molar-refractivity contribution in [3.63, 3.8) is 0 Å². The van der Waals surface area contributed by atoms with Crippen molar-refractivity contribution in [3.05, 3.63) is 29.1 Å². The number of nitrogens with zero attached hydrogens (tertiary/aromatic N) is 1. The Kier molecular flexibility index (Phi) is 4.58. The Bertz CT molecular complexity index is 677. The predicted molar refractivity (Wildman–Crippen MR) is 58.3 cm³/mol. The van der Waals surface area contributed by atoms with Crippen LogP contribution in [0.2, 0.25) is 0 Å². The van der Waals surface area contributed by atoms with E-state index in [2.05, 4.69) is 0 Å². The van der Waals surface area contributed by atoms with Crippen molar-refractivity contribution < 1.29 is 40.3 Å². The van der Waals surface area contributed by atoms with Gasteiger partial charge in [-0.25, -0.2) is 30.4 Å². The van der Waals surface area contributed by atoms with Gasteiger partial charge < -0.3 is 5.11 Å². The molecule has 0 heterocycles. The van der Waals surface area contributed by atoms with Crippen LogP contribution in [0, 0.1) is 29.1 Å². The normalized spacial score (nSPS) is 13.5. The average Bonchev–Trinajstić information content (AvgIpc) is 2.41. The second-order valence-electron chi connectivity index (χ2n) is 3.93. The number of aliphatic carboxylic acids is 1. The third-order valence-corrected chi connectivity index (χ3v) is 4.66. The van der Waals surface area contributed by atoms with Crippen molar-refractivity contribution in [2.75, 3.05) is 7.05 Å². The number of halogens is 5. The molecule has 0 amide bonds. The maximum absolute atomic E-state index is 13.4. The minimum atomic E-state index is -5.25. The molecule has 0 saturated carbocycles. The smallest absolute Gasteiger partial charge is 0.321 e. The Morgan fingerprint density at radius 3 is 1.67 bits per heavy atom. The quantitative estimate of drug-likeness (QED) is 0.514. The lowest BCUT2D eigenvalue weighted by Gasteiger charge is -2.21. The van der Waals surface area contributed by atoms with Crippen LogP contribution in [0.25, 0.3) is 0 Å². The van der Waals surface area contributed by atoms with Gasteiger partial charge in [-0.05, 0) is 6.92 Å². The molecule has 1 unspecified atom stereocenters. The second-order valence-corrected chi connectivity index (χ2v) is 5.87. The molecule has 118 valence electrons. The van der Waals surface area contributed by atoms with Crippen molar-refractivity contribution in [1.82, 2.24) is 4.31 Å². The van der Waals surface area contributed by atoms with Crippen LogP contribution in [-0.4, -0.2) is 36.9 Å². The summed E-state index contributed by atoms with van der Waals surface area (Å²) in [6.45, 7) is 0.853. The molecule has 1 atom stereocenters. The van der Waals surface area contributed by atoms with Gasteiger partial charge in [0.15, 0.2) is 28.2 Å². The van der Waals surface area contributed by atoms with E-state index in [-0.39, 0.29) is 4.31 Å². The van der Waals surface area contributed by atoms with Crippen molar-refractivity contribution in [2.24, 2.45) is 0 Å². The molecule has 0 bridgehead atoms. The fourth-order valence-electron chi connectivity index (χ4n) is 1.32. The predicted octanol–water partition coefficient (Wildman–Crippen LogP) is 1.48. The van der Waals surface area contributed by atoms with Gasteiger partial charge in [0, 0.05) is 7.05 Å². The fraction of sp³-hybridized carbons (Fsp3) is 0.300. The first-order valence-electron chi connectivity index (χ1n) is 5.16. The maximum Gasteiger partial charge on any atom is 0.321 e. The van der Waals surface area contributed by atoms with Crippen LogP contribution in [-0.2, 0) is 14.8 Å². The Labute approximate surface area is 115 Å². The Hall–Kier alpha value is -1.75. The monoisotopic (exact) mass is 333 g/mol. The second kappa shape index (κ2) is 5.56. The first kappa shape index (κ1) is 17.3. The van der Waals surface area contributed by atoms with E-state index in [1.165, 1.54) is 0 Å². The number of likely N-dealkylation sites (N-methyl/N-ethyl adjacent to an activating group) is 1. The molecule has 11 heteroatoms. The largest absolute Gasteiger partial charge is 0.480 e. The van der Waals surface area contributed by atoms with E-state index in [1.54, 1.807) is 0 Å². The molecule has 21 heavy (non-hydrogen) atoms. The summed E-state index contributed by atoms with van der Waals surface area (Å²) in [5.74, 6) is -14.2. The van der Waals surface area contributed by atoms with Gasteiger partial charge in [0.2, 0.25) is 15.8 Å². The highest BCUT2D eigenvalue weighted by molar-refractivity contribution is 7.89. The molecule has 0 fully saturated rings. The van der Waals surface area contributed by atoms with Gasteiger partial charge in [-0.3, -0.25) is 4.79 Å². The van der Waals surface area contributed by atoms with Crippen molar-refractivity contribution in [1.29, 1.82) is 0 Å². The van der Waals surface area contributed by atoms with E-state index in [0.717, 1.165) is 6.92 Å². The van der Waals surface area contributed by atoms with Crippen molar-refractivity contribution in [3.8, 4) is 0 Å². The number of hydrogen-bond acceptors (Lipinski definition) is 3. The highest BCUT2D eigenvalue weighted by atomic mass is 32.2. The molecule has 5 nitrogen and oxygen atoms in total. The number of rotatable bonds is 4. The zero-order valence-electron chi connectivity index (χ0n) is 10.5. The van der Waals surface area contributed by atoms with Crippen LogP contribution in [0.5, 0.6) is 0 Å². The molecule has 0 radical (unpaired) electrons. The molecule has 0 aliphatic rings. The number of benzene rings is 1. The molecule has 1 N–H and O–H groups in total. The summed E-state index contributed by atoms with van der Waals surface area (Å²) in [6.07, 6.45) is 0. The number of carboxylic acids is 1.